The lowest BCUT2D eigenvalue weighted by molar-refractivity contribution is 0.550. The van der Waals surface area contributed by atoms with Crippen LogP contribution in [0.25, 0.3) is 34.1 Å². The minimum atomic E-state index is -1.16. The lowest BCUT2D eigenvalue weighted by atomic mass is 9.76. The molecule has 2 aliphatic carbocycles. The Morgan fingerprint density at radius 3 is 1.48 bits per heavy atom. The summed E-state index contributed by atoms with van der Waals surface area (Å²) in [5.74, 6) is 0. The molecule has 1 spiro atoms. The van der Waals surface area contributed by atoms with Crippen LogP contribution in [0.3, 0.4) is 0 Å². The molecule has 8 aromatic carbocycles. The van der Waals surface area contributed by atoms with E-state index in [1.54, 1.807) is 0 Å². The van der Waals surface area contributed by atoms with E-state index in [1.807, 2.05) is 0 Å². The molecular formula is C57H50N2S2. The van der Waals surface area contributed by atoms with Gasteiger partial charge < -0.3 is 9.80 Å². The average Bonchev–Trinajstić information content (AvgIpc) is 3.89. The molecule has 0 bridgehead atoms. The highest BCUT2D eigenvalue weighted by atomic mass is 32.3. The molecule has 0 unspecified atom stereocenters. The summed E-state index contributed by atoms with van der Waals surface area (Å²) in [6.45, 7) is 0. The van der Waals surface area contributed by atoms with Gasteiger partial charge in [-0.1, -0.05) is 128 Å². The molecule has 0 radical (unpaired) electrons. The Morgan fingerprint density at radius 1 is 0.426 bits per heavy atom. The summed E-state index contributed by atoms with van der Waals surface area (Å²) in [7, 11) is -2.31. The Kier molecular flexibility index (Phi) is 8.18. The van der Waals surface area contributed by atoms with Gasteiger partial charge in [0.15, 0.2) is 0 Å². The Labute approximate surface area is 363 Å². The minimum absolute atomic E-state index is 0.0372. The van der Waals surface area contributed by atoms with E-state index in [-0.39, 0.29) is 5.41 Å². The number of para-hydroxylation sites is 4. The zero-order chi connectivity index (χ0) is 41.1. The summed E-state index contributed by atoms with van der Waals surface area (Å²) in [5, 5.41) is 2.53. The maximum Gasteiger partial charge on any atom is 0.0586 e. The van der Waals surface area contributed by atoms with Gasteiger partial charge in [-0.2, -0.15) is 20.1 Å². The molecule has 2 aliphatic heterocycles. The molecule has 0 atom stereocenters. The standard InChI is InChI=1S/C57H50N2S2/c1-60(2)53-23-11-7-19-49(53)58(50-20-8-12-24-54(50)60)41-31-33-44-43-32-28-39(37-46(43)57(47(44)38-41)35-15-16-36-57)27-29-40-30-34-48(45-18-6-5-17-42(40)45)59-51-21-9-13-25-55(51)61(3,4)56-26-14-10-22-52(56)59/h5-14,17-34,37-38H,15-16,35-36H2,1-4H3/b29-27+. The van der Waals surface area contributed by atoms with Crippen molar-refractivity contribution >= 4 is 77.1 Å². The molecule has 2 heterocycles. The molecule has 8 aromatic rings. The van der Waals surface area contributed by atoms with Crippen molar-refractivity contribution in [2.75, 3.05) is 34.8 Å². The first-order valence-electron chi connectivity index (χ1n) is 21.7. The van der Waals surface area contributed by atoms with Gasteiger partial charge in [0, 0.05) is 36.1 Å². The summed E-state index contributed by atoms with van der Waals surface area (Å²) < 4.78 is 0. The maximum absolute atomic E-state index is 2.56. The maximum atomic E-state index is 2.56. The van der Waals surface area contributed by atoms with E-state index in [1.165, 1.54) is 124 Å². The third-order valence-electron chi connectivity index (χ3n) is 14.3. The second-order valence-corrected chi connectivity index (χ2v) is 25.1. The van der Waals surface area contributed by atoms with Gasteiger partial charge in [0.05, 0.1) is 28.4 Å². The molecule has 1 fully saturated rings. The third kappa shape index (κ3) is 5.31. The number of hydrogen-bond donors (Lipinski definition) is 0. The van der Waals surface area contributed by atoms with Gasteiger partial charge in [-0.05, 0) is 143 Å². The van der Waals surface area contributed by atoms with Crippen molar-refractivity contribution in [3.63, 3.8) is 0 Å². The van der Waals surface area contributed by atoms with E-state index in [2.05, 4.69) is 217 Å². The fraction of sp³-hybridized carbons (Fsp3) is 0.158. The van der Waals surface area contributed by atoms with Gasteiger partial charge in [-0.25, -0.2) is 0 Å². The molecule has 300 valence electrons. The smallest absolute Gasteiger partial charge is 0.0586 e. The van der Waals surface area contributed by atoms with E-state index in [0.717, 1.165) is 0 Å². The van der Waals surface area contributed by atoms with Crippen LogP contribution in [0, 0.1) is 0 Å². The fourth-order valence-electron chi connectivity index (χ4n) is 11.4. The fourth-order valence-corrected chi connectivity index (χ4v) is 16.3. The zero-order valence-corrected chi connectivity index (χ0v) is 37.0. The molecule has 12 rings (SSSR count). The molecule has 0 N–H and O–H groups in total. The molecule has 1 saturated carbocycles. The third-order valence-corrected chi connectivity index (χ3v) is 20.1. The van der Waals surface area contributed by atoms with Crippen LogP contribution in [0.1, 0.15) is 47.9 Å². The first kappa shape index (κ1) is 36.9. The number of anilines is 6. The van der Waals surface area contributed by atoms with E-state index in [9.17, 15) is 0 Å². The largest absolute Gasteiger partial charge is 0.308 e. The monoisotopic (exact) mass is 826 g/mol. The highest BCUT2D eigenvalue weighted by Crippen LogP contribution is 2.69. The number of nitrogens with zero attached hydrogens (tertiary/aromatic N) is 2. The van der Waals surface area contributed by atoms with Crippen molar-refractivity contribution in [1.82, 2.24) is 0 Å². The predicted molar refractivity (Wildman–Crippen MR) is 265 cm³/mol. The van der Waals surface area contributed by atoms with Crippen molar-refractivity contribution in [2.24, 2.45) is 0 Å². The molecule has 4 aliphatic rings. The van der Waals surface area contributed by atoms with Crippen molar-refractivity contribution in [3.05, 3.63) is 192 Å². The van der Waals surface area contributed by atoms with E-state index >= 15 is 0 Å². The quantitative estimate of drug-likeness (QED) is 0.163. The predicted octanol–water partition coefficient (Wildman–Crippen LogP) is 16.4. The van der Waals surface area contributed by atoms with Crippen LogP contribution in [0.15, 0.2) is 189 Å². The minimum Gasteiger partial charge on any atom is -0.308 e. The summed E-state index contributed by atoms with van der Waals surface area (Å²) >= 11 is 0. The van der Waals surface area contributed by atoms with Gasteiger partial charge in [0.25, 0.3) is 0 Å². The van der Waals surface area contributed by atoms with E-state index < -0.39 is 20.1 Å². The second kappa shape index (κ2) is 13.5. The van der Waals surface area contributed by atoms with Crippen LogP contribution in [-0.2, 0) is 5.41 Å². The molecule has 0 amide bonds. The van der Waals surface area contributed by atoms with E-state index in [4.69, 9.17) is 0 Å². The summed E-state index contributed by atoms with van der Waals surface area (Å²) in [6, 6.07) is 64.5. The van der Waals surface area contributed by atoms with Crippen LogP contribution < -0.4 is 9.80 Å². The molecular weight excluding hydrogens is 777 g/mol. The summed E-state index contributed by atoms with van der Waals surface area (Å²) in [5.41, 5.74) is 16.1. The normalized spacial score (nSPS) is 18.2. The Morgan fingerprint density at radius 2 is 0.902 bits per heavy atom. The number of benzene rings is 8. The van der Waals surface area contributed by atoms with Crippen LogP contribution in [-0.4, -0.2) is 25.0 Å². The van der Waals surface area contributed by atoms with Crippen LogP contribution in [0.4, 0.5) is 34.1 Å². The average molecular weight is 827 g/mol. The van der Waals surface area contributed by atoms with Gasteiger partial charge >= 0.3 is 0 Å². The number of hydrogen-bond acceptors (Lipinski definition) is 2. The van der Waals surface area contributed by atoms with Gasteiger partial charge in [0.1, 0.15) is 0 Å². The molecule has 2 nitrogen and oxygen atoms in total. The zero-order valence-electron chi connectivity index (χ0n) is 35.4. The molecule has 0 aromatic heterocycles. The van der Waals surface area contributed by atoms with Gasteiger partial charge in [0.2, 0.25) is 0 Å². The molecule has 4 heteroatoms. The number of fused-ring (bicyclic) bond motifs is 10. The van der Waals surface area contributed by atoms with Gasteiger partial charge in [-0.3, -0.25) is 0 Å². The summed E-state index contributed by atoms with van der Waals surface area (Å²) in [6.07, 6.45) is 19.4. The second-order valence-electron chi connectivity index (χ2n) is 18.1. The van der Waals surface area contributed by atoms with E-state index in [0.29, 0.717) is 0 Å². The first-order chi connectivity index (χ1) is 29.8. The van der Waals surface area contributed by atoms with Crippen LogP contribution in [0.5, 0.6) is 0 Å². The Bertz CT molecular complexity index is 3030. The van der Waals surface area contributed by atoms with Crippen molar-refractivity contribution in [2.45, 2.75) is 50.7 Å². The summed E-state index contributed by atoms with van der Waals surface area (Å²) in [4.78, 5) is 10.8. The lowest BCUT2D eigenvalue weighted by Crippen LogP contribution is -2.22. The molecule has 61 heavy (non-hydrogen) atoms. The number of rotatable bonds is 4. The Balaban J connectivity index is 0.926. The van der Waals surface area contributed by atoms with Crippen LogP contribution in [0.2, 0.25) is 0 Å². The van der Waals surface area contributed by atoms with Gasteiger partial charge in [-0.15, -0.1) is 0 Å². The van der Waals surface area contributed by atoms with Crippen molar-refractivity contribution in [3.8, 4) is 11.1 Å². The first-order valence-corrected chi connectivity index (χ1v) is 26.6. The topological polar surface area (TPSA) is 6.48 Å². The highest BCUT2D eigenvalue weighted by molar-refractivity contribution is 8.33. The molecule has 0 saturated heterocycles. The van der Waals surface area contributed by atoms with Crippen LogP contribution >= 0.6 is 20.1 Å². The Hall–Kier alpha value is -5.94. The van der Waals surface area contributed by atoms with Crippen molar-refractivity contribution in [1.29, 1.82) is 0 Å². The lowest BCUT2D eigenvalue weighted by Gasteiger charge is -2.45. The van der Waals surface area contributed by atoms with Crippen molar-refractivity contribution < 1.29 is 0 Å². The highest BCUT2D eigenvalue weighted by Gasteiger charge is 2.46. The SMILES string of the molecule is CS1(C)c2ccccc2N(c2ccc3c(c2)C2(CCCC2)c2cc(/C=C/c4ccc(N5c6ccccc6S(C)(C)c6ccccc65)c5ccccc45)ccc2-3)c2ccccc21.